The van der Waals surface area contributed by atoms with Gasteiger partial charge >= 0.3 is 0 Å². The number of aliphatic imine (C=N–C) groups is 1. The smallest absolute Gasteiger partial charge is 0.191 e. The first kappa shape index (κ1) is 23.2. The second-order valence-corrected chi connectivity index (χ2v) is 9.04. The van der Waals surface area contributed by atoms with Gasteiger partial charge in [0.15, 0.2) is 22.6 Å². The molecule has 1 aliphatic carbocycles. The fraction of sp³-hybridized carbons (Fsp3) is 0.565. The summed E-state index contributed by atoms with van der Waals surface area (Å²) >= 11 is 1.65. The van der Waals surface area contributed by atoms with Crippen molar-refractivity contribution >= 4 is 22.4 Å². The molecule has 1 heterocycles. The average molecular weight is 446 g/mol. The fourth-order valence-electron chi connectivity index (χ4n) is 4.19. The normalized spacial score (nSPS) is 16.0. The predicted octanol–water partition coefficient (Wildman–Crippen LogP) is 3.79. The maximum absolute atomic E-state index is 5.57. The molecule has 0 saturated heterocycles. The first-order chi connectivity index (χ1) is 15.0. The number of aromatic nitrogens is 1. The van der Waals surface area contributed by atoms with Crippen molar-refractivity contribution in [2.45, 2.75) is 44.1 Å². The van der Waals surface area contributed by atoms with Crippen molar-refractivity contribution in [2.75, 3.05) is 46.8 Å². The zero-order chi connectivity index (χ0) is 22.3. The third-order valence-corrected chi connectivity index (χ3v) is 7.04. The van der Waals surface area contributed by atoms with Crippen LogP contribution < -0.4 is 25.0 Å². The summed E-state index contributed by atoms with van der Waals surface area (Å²) in [6.07, 6.45) is 6.04. The SMILES string of the molecule is CN=C(NCc1csc(N(C)C)n1)NCC1(c2ccc(OC)c(OC)c2)CCCCC1. The molecule has 0 bridgehead atoms. The van der Waals surface area contributed by atoms with Crippen molar-refractivity contribution in [2.24, 2.45) is 4.99 Å². The van der Waals surface area contributed by atoms with Crippen LogP contribution in [0.4, 0.5) is 5.13 Å². The lowest BCUT2D eigenvalue weighted by molar-refractivity contribution is 0.288. The Hall–Kier alpha value is -2.48. The lowest BCUT2D eigenvalue weighted by atomic mass is 9.69. The topological polar surface area (TPSA) is 71.0 Å². The molecule has 0 atom stereocenters. The fourth-order valence-corrected chi connectivity index (χ4v) is 4.95. The molecule has 1 aromatic heterocycles. The number of ether oxygens (including phenoxy) is 2. The standard InChI is InChI=1S/C23H35N5O2S/c1-24-21(25-14-18-15-31-22(27-18)28(2)3)26-16-23(11-7-6-8-12-23)17-9-10-19(29-4)20(13-17)30-5/h9-10,13,15H,6-8,11-12,14,16H2,1-5H3,(H2,24,25,26). The Labute approximate surface area is 189 Å². The van der Waals surface area contributed by atoms with Crippen LogP contribution in [-0.4, -0.2) is 52.9 Å². The van der Waals surface area contributed by atoms with Crippen molar-refractivity contribution in [3.63, 3.8) is 0 Å². The van der Waals surface area contributed by atoms with E-state index in [0.29, 0.717) is 6.54 Å². The zero-order valence-corrected chi connectivity index (χ0v) is 20.1. The Morgan fingerprint density at radius 1 is 1.13 bits per heavy atom. The van der Waals surface area contributed by atoms with Crippen molar-refractivity contribution < 1.29 is 9.47 Å². The van der Waals surface area contributed by atoms with E-state index in [9.17, 15) is 0 Å². The highest BCUT2D eigenvalue weighted by atomic mass is 32.1. The lowest BCUT2D eigenvalue weighted by Gasteiger charge is -2.38. The van der Waals surface area contributed by atoms with Gasteiger partial charge < -0.3 is 25.0 Å². The zero-order valence-electron chi connectivity index (χ0n) is 19.3. The molecule has 170 valence electrons. The minimum atomic E-state index is 0.0497. The summed E-state index contributed by atoms with van der Waals surface area (Å²) in [5.74, 6) is 2.35. The van der Waals surface area contributed by atoms with Gasteiger partial charge in [-0.2, -0.15) is 0 Å². The van der Waals surface area contributed by atoms with Crippen molar-refractivity contribution in [1.82, 2.24) is 15.6 Å². The maximum atomic E-state index is 5.57. The molecule has 0 aliphatic heterocycles. The van der Waals surface area contributed by atoms with E-state index in [1.807, 2.05) is 32.1 Å². The largest absolute Gasteiger partial charge is 0.493 e. The monoisotopic (exact) mass is 445 g/mol. The summed E-state index contributed by atoms with van der Waals surface area (Å²) in [6.45, 7) is 1.47. The number of nitrogens with one attached hydrogen (secondary N) is 2. The lowest BCUT2D eigenvalue weighted by Crippen LogP contribution is -2.46. The van der Waals surface area contributed by atoms with Gasteiger partial charge in [-0.25, -0.2) is 4.98 Å². The Kier molecular flexibility index (Phi) is 8.01. The average Bonchev–Trinajstić information content (AvgIpc) is 3.29. The summed E-state index contributed by atoms with van der Waals surface area (Å²) in [6, 6.07) is 6.34. The van der Waals surface area contributed by atoms with Gasteiger partial charge in [-0.1, -0.05) is 25.3 Å². The van der Waals surface area contributed by atoms with E-state index in [4.69, 9.17) is 9.47 Å². The van der Waals surface area contributed by atoms with Crippen LogP contribution in [0.2, 0.25) is 0 Å². The van der Waals surface area contributed by atoms with E-state index in [1.54, 1.807) is 25.6 Å². The second kappa shape index (κ2) is 10.7. The first-order valence-corrected chi connectivity index (χ1v) is 11.7. The third kappa shape index (κ3) is 5.61. The van der Waals surface area contributed by atoms with E-state index in [1.165, 1.54) is 24.8 Å². The van der Waals surface area contributed by atoms with Crippen LogP contribution in [0.25, 0.3) is 0 Å². The first-order valence-electron chi connectivity index (χ1n) is 10.8. The number of thiazole rings is 1. The highest BCUT2D eigenvalue weighted by Gasteiger charge is 2.34. The minimum Gasteiger partial charge on any atom is -0.493 e. The number of nitrogens with zero attached hydrogens (tertiary/aromatic N) is 3. The number of hydrogen-bond acceptors (Lipinski definition) is 6. The second-order valence-electron chi connectivity index (χ2n) is 8.21. The molecule has 0 radical (unpaired) electrons. The predicted molar refractivity (Wildman–Crippen MR) is 129 cm³/mol. The van der Waals surface area contributed by atoms with E-state index >= 15 is 0 Å². The number of benzene rings is 1. The molecule has 1 aromatic carbocycles. The molecule has 3 rings (SSSR count). The maximum Gasteiger partial charge on any atom is 0.191 e. The molecule has 0 unspecified atom stereocenters. The molecule has 7 nitrogen and oxygen atoms in total. The molecule has 0 amide bonds. The number of methoxy groups -OCH3 is 2. The van der Waals surface area contributed by atoms with Gasteiger partial charge in [0.2, 0.25) is 0 Å². The quantitative estimate of drug-likeness (QED) is 0.476. The number of hydrogen-bond donors (Lipinski definition) is 2. The van der Waals surface area contributed by atoms with E-state index in [0.717, 1.165) is 47.7 Å². The number of guanidine groups is 1. The van der Waals surface area contributed by atoms with Crippen LogP contribution in [0.3, 0.4) is 0 Å². The molecule has 0 spiro atoms. The highest BCUT2D eigenvalue weighted by molar-refractivity contribution is 7.13. The molecule has 1 saturated carbocycles. The summed E-state index contributed by atoms with van der Waals surface area (Å²) < 4.78 is 11.0. The highest BCUT2D eigenvalue weighted by Crippen LogP contribution is 2.42. The summed E-state index contributed by atoms with van der Waals surface area (Å²) in [7, 11) is 9.20. The molecule has 31 heavy (non-hydrogen) atoms. The van der Waals surface area contributed by atoms with Gasteiger partial charge in [-0.05, 0) is 30.5 Å². The van der Waals surface area contributed by atoms with Gasteiger partial charge in [0.1, 0.15) is 0 Å². The molecule has 1 fully saturated rings. The third-order valence-electron chi connectivity index (χ3n) is 5.98. The van der Waals surface area contributed by atoms with Crippen LogP contribution >= 0.6 is 11.3 Å². The molecule has 8 heteroatoms. The van der Waals surface area contributed by atoms with Crippen LogP contribution in [0.15, 0.2) is 28.6 Å². The Balaban J connectivity index is 1.70. The summed E-state index contributed by atoms with van der Waals surface area (Å²) in [5, 5.41) is 10.1. The van der Waals surface area contributed by atoms with Gasteiger partial charge in [0.25, 0.3) is 0 Å². The Morgan fingerprint density at radius 2 is 1.87 bits per heavy atom. The van der Waals surface area contributed by atoms with Crippen molar-refractivity contribution in [1.29, 1.82) is 0 Å². The summed E-state index contributed by atoms with van der Waals surface area (Å²) in [4.78, 5) is 11.1. The van der Waals surface area contributed by atoms with Gasteiger partial charge in [-0.3, -0.25) is 4.99 Å². The van der Waals surface area contributed by atoms with Gasteiger partial charge in [0, 0.05) is 38.5 Å². The van der Waals surface area contributed by atoms with Gasteiger partial charge in [0.05, 0.1) is 26.5 Å². The van der Waals surface area contributed by atoms with Crippen molar-refractivity contribution in [3.05, 3.63) is 34.8 Å². The minimum absolute atomic E-state index is 0.0497. The van der Waals surface area contributed by atoms with Crippen LogP contribution in [0.5, 0.6) is 11.5 Å². The Morgan fingerprint density at radius 3 is 2.48 bits per heavy atom. The number of anilines is 1. The number of rotatable bonds is 8. The Bertz CT molecular complexity index is 875. The van der Waals surface area contributed by atoms with E-state index in [-0.39, 0.29) is 5.41 Å². The molecule has 1 aliphatic rings. The van der Waals surface area contributed by atoms with E-state index < -0.39 is 0 Å². The summed E-state index contributed by atoms with van der Waals surface area (Å²) in [5.41, 5.74) is 2.36. The molecule has 2 N–H and O–H groups in total. The van der Waals surface area contributed by atoms with Crippen LogP contribution in [0.1, 0.15) is 43.4 Å². The van der Waals surface area contributed by atoms with Crippen molar-refractivity contribution in [3.8, 4) is 11.5 Å². The van der Waals surface area contributed by atoms with E-state index in [2.05, 4.69) is 38.1 Å². The molecule has 2 aromatic rings. The van der Waals surface area contributed by atoms with Crippen LogP contribution in [-0.2, 0) is 12.0 Å². The molecular formula is C23H35N5O2S. The van der Waals surface area contributed by atoms with Crippen LogP contribution in [0, 0.1) is 0 Å². The van der Waals surface area contributed by atoms with Gasteiger partial charge in [-0.15, -0.1) is 11.3 Å². The molecular weight excluding hydrogens is 410 g/mol.